The number of hydrogen-bond acceptors (Lipinski definition) is 2. The Bertz CT molecular complexity index is 544. The second-order valence-electron chi connectivity index (χ2n) is 5.15. The number of nitrogens with zero attached hydrogens (tertiary/aromatic N) is 2. The third-order valence-corrected chi connectivity index (χ3v) is 4.18. The van der Waals surface area contributed by atoms with E-state index in [4.69, 9.17) is 0 Å². The first-order valence-corrected chi connectivity index (χ1v) is 7.59. The molecule has 4 heteroatoms. The molecule has 1 fully saturated rings. The third-order valence-electron chi connectivity index (χ3n) is 3.69. The highest BCUT2D eigenvalue weighted by Gasteiger charge is 2.15. The van der Waals surface area contributed by atoms with Crippen molar-refractivity contribution in [2.24, 2.45) is 5.92 Å². The maximum Gasteiger partial charge on any atom is 0.0951 e. The van der Waals surface area contributed by atoms with Crippen LogP contribution in [0.2, 0.25) is 0 Å². The van der Waals surface area contributed by atoms with Gasteiger partial charge in [0.05, 0.1) is 18.2 Å². The van der Waals surface area contributed by atoms with Crippen LogP contribution in [0.3, 0.4) is 0 Å². The smallest absolute Gasteiger partial charge is 0.0951 e. The molecule has 0 radical (unpaired) electrons. The van der Waals surface area contributed by atoms with Crippen molar-refractivity contribution >= 4 is 15.9 Å². The fourth-order valence-corrected chi connectivity index (χ4v) is 3.11. The van der Waals surface area contributed by atoms with Gasteiger partial charge in [-0.2, -0.15) is 0 Å². The minimum atomic E-state index is 0.717. The zero-order valence-corrected chi connectivity index (χ0v) is 12.4. The van der Waals surface area contributed by atoms with Crippen molar-refractivity contribution in [1.29, 1.82) is 0 Å². The van der Waals surface area contributed by atoms with Crippen LogP contribution in [0.5, 0.6) is 0 Å². The van der Waals surface area contributed by atoms with Crippen LogP contribution in [0, 0.1) is 5.92 Å². The summed E-state index contributed by atoms with van der Waals surface area (Å²) in [5, 5.41) is 3.47. The molecule has 0 saturated carbocycles. The first-order chi connectivity index (χ1) is 9.33. The van der Waals surface area contributed by atoms with Gasteiger partial charge in [-0.15, -0.1) is 0 Å². The van der Waals surface area contributed by atoms with E-state index in [2.05, 4.69) is 55.1 Å². The molecule has 1 aromatic heterocycles. The van der Waals surface area contributed by atoms with Gasteiger partial charge in [-0.25, -0.2) is 4.98 Å². The first kappa shape index (κ1) is 12.9. The minimum absolute atomic E-state index is 0.717. The van der Waals surface area contributed by atoms with E-state index in [1.54, 1.807) is 0 Å². The second kappa shape index (κ2) is 5.88. The van der Waals surface area contributed by atoms with E-state index >= 15 is 0 Å². The summed E-state index contributed by atoms with van der Waals surface area (Å²) in [4.78, 5) is 4.32. The van der Waals surface area contributed by atoms with Crippen LogP contribution in [0.1, 0.15) is 12.8 Å². The molecular formula is C15H18BrN3. The molecule has 0 bridgehead atoms. The van der Waals surface area contributed by atoms with Gasteiger partial charge in [0, 0.05) is 16.6 Å². The molecule has 1 N–H and O–H groups in total. The van der Waals surface area contributed by atoms with Gasteiger partial charge < -0.3 is 9.88 Å². The Kier molecular flexibility index (Phi) is 3.99. The lowest BCUT2D eigenvalue weighted by Crippen LogP contribution is -2.32. The Morgan fingerprint density at radius 1 is 1.42 bits per heavy atom. The predicted octanol–water partition coefficient (Wildman–Crippen LogP) is 3.31. The van der Waals surface area contributed by atoms with Crippen molar-refractivity contribution in [3.63, 3.8) is 0 Å². The SMILES string of the molecule is Brc1cccc(-c2cncn2CC2CCCNC2)c1. The van der Waals surface area contributed by atoms with E-state index in [1.807, 2.05) is 12.5 Å². The van der Waals surface area contributed by atoms with Crippen LogP contribution < -0.4 is 5.32 Å². The molecule has 1 atom stereocenters. The van der Waals surface area contributed by atoms with Gasteiger partial charge in [0.2, 0.25) is 0 Å². The zero-order chi connectivity index (χ0) is 13.1. The summed E-state index contributed by atoms with van der Waals surface area (Å²) in [5.41, 5.74) is 2.42. The Balaban J connectivity index is 1.81. The highest BCUT2D eigenvalue weighted by Crippen LogP contribution is 2.24. The summed E-state index contributed by atoms with van der Waals surface area (Å²) >= 11 is 3.53. The lowest BCUT2D eigenvalue weighted by Gasteiger charge is -2.23. The number of nitrogens with one attached hydrogen (secondary N) is 1. The topological polar surface area (TPSA) is 29.9 Å². The van der Waals surface area contributed by atoms with Crippen LogP contribution in [0.25, 0.3) is 11.3 Å². The zero-order valence-electron chi connectivity index (χ0n) is 10.8. The molecule has 19 heavy (non-hydrogen) atoms. The van der Waals surface area contributed by atoms with E-state index in [-0.39, 0.29) is 0 Å². The van der Waals surface area contributed by atoms with Crippen molar-refractivity contribution in [3.8, 4) is 11.3 Å². The van der Waals surface area contributed by atoms with Crippen molar-refractivity contribution in [3.05, 3.63) is 41.3 Å². The fourth-order valence-electron chi connectivity index (χ4n) is 2.71. The average Bonchev–Trinajstić information content (AvgIpc) is 2.88. The van der Waals surface area contributed by atoms with E-state index in [0.717, 1.165) is 17.6 Å². The van der Waals surface area contributed by atoms with E-state index in [9.17, 15) is 0 Å². The van der Waals surface area contributed by atoms with Gasteiger partial charge in [0.1, 0.15) is 0 Å². The van der Waals surface area contributed by atoms with Gasteiger partial charge >= 0.3 is 0 Å². The van der Waals surface area contributed by atoms with Crippen molar-refractivity contribution in [1.82, 2.24) is 14.9 Å². The summed E-state index contributed by atoms with van der Waals surface area (Å²) in [6, 6.07) is 8.40. The summed E-state index contributed by atoms with van der Waals surface area (Å²) < 4.78 is 3.39. The summed E-state index contributed by atoms with van der Waals surface area (Å²) in [7, 11) is 0. The number of halogens is 1. The standard InChI is InChI=1S/C15H18BrN3/c16-14-5-1-4-13(7-14)15-9-18-11-19(15)10-12-3-2-6-17-8-12/h1,4-5,7,9,11-12,17H,2-3,6,8,10H2. The highest BCUT2D eigenvalue weighted by atomic mass is 79.9. The maximum absolute atomic E-state index is 4.32. The second-order valence-corrected chi connectivity index (χ2v) is 6.07. The van der Waals surface area contributed by atoms with Crippen molar-refractivity contribution in [2.45, 2.75) is 19.4 Å². The molecule has 1 aliphatic rings. The predicted molar refractivity (Wildman–Crippen MR) is 81.0 cm³/mol. The molecule has 3 nitrogen and oxygen atoms in total. The molecule has 0 spiro atoms. The van der Waals surface area contributed by atoms with Gasteiger partial charge in [-0.05, 0) is 44.0 Å². The molecule has 1 aliphatic heterocycles. The van der Waals surface area contributed by atoms with E-state index in [0.29, 0.717) is 5.92 Å². The molecule has 1 unspecified atom stereocenters. The van der Waals surface area contributed by atoms with Crippen LogP contribution in [-0.2, 0) is 6.54 Å². The molecule has 2 aromatic rings. The summed E-state index contributed by atoms with van der Waals surface area (Å²) in [6.07, 6.45) is 6.50. The van der Waals surface area contributed by atoms with Crippen molar-refractivity contribution < 1.29 is 0 Å². The van der Waals surface area contributed by atoms with E-state index < -0.39 is 0 Å². The number of hydrogen-bond donors (Lipinski definition) is 1. The number of rotatable bonds is 3. The van der Waals surface area contributed by atoms with Gasteiger partial charge in [0.15, 0.2) is 0 Å². The largest absolute Gasteiger partial charge is 0.330 e. The number of benzene rings is 1. The Labute approximate surface area is 122 Å². The molecule has 1 saturated heterocycles. The van der Waals surface area contributed by atoms with E-state index in [1.165, 1.54) is 30.6 Å². The lowest BCUT2D eigenvalue weighted by atomic mass is 9.99. The molecule has 0 aliphatic carbocycles. The van der Waals surface area contributed by atoms with Crippen LogP contribution in [0.4, 0.5) is 0 Å². The molecule has 100 valence electrons. The fraction of sp³-hybridized carbons (Fsp3) is 0.400. The Hall–Kier alpha value is -1.13. The summed E-state index contributed by atoms with van der Waals surface area (Å²) in [5.74, 6) is 0.717. The van der Waals surface area contributed by atoms with Crippen LogP contribution in [-0.4, -0.2) is 22.6 Å². The number of piperidine rings is 1. The number of aromatic nitrogens is 2. The maximum atomic E-state index is 4.32. The van der Waals surface area contributed by atoms with Crippen LogP contribution >= 0.6 is 15.9 Å². The highest BCUT2D eigenvalue weighted by molar-refractivity contribution is 9.10. The average molecular weight is 320 g/mol. The molecule has 0 amide bonds. The van der Waals surface area contributed by atoms with Crippen molar-refractivity contribution in [2.75, 3.05) is 13.1 Å². The Morgan fingerprint density at radius 3 is 3.16 bits per heavy atom. The minimum Gasteiger partial charge on any atom is -0.330 e. The third kappa shape index (κ3) is 3.07. The number of imidazole rings is 1. The lowest BCUT2D eigenvalue weighted by molar-refractivity contribution is 0.338. The Morgan fingerprint density at radius 2 is 2.37 bits per heavy atom. The van der Waals surface area contributed by atoms with Gasteiger partial charge in [-0.3, -0.25) is 0 Å². The molecule has 1 aromatic carbocycles. The normalized spacial score (nSPS) is 19.5. The monoisotopic (exact) mass is 319 g/mol. The molecule has 3 rings (SSSR count). The quantitative estimate of drug-likeness (QED) is 0.940. The van der Waals surface area contributed by atoms with Gasteiger partial charge in [0.25, 0.3) is 0 Å². The first-order valence-electron chi connectivity index (χ1n) is 6.80. The summed E-state index contributed by atoms with van der Waals surface area (Å²) in [6.45, 7) is 3.34. The molecular weight excluding hydrogens is 302 g/mol. The van der Waals surface area contributed by atoms with Crippen LogP contribution in [0.15, 0.2) is 41.3 Å². The molecule has 2 heterocycles. The van der Waals surface area contributed by atoms with Gasteiger partial charge in [-0.1, -0.05) is 28.1 Å².